The van der Waals surface area contributed by atoms with Gasteiger partial charge in [-0.2, -0.15) is 0 Å². The Morgan fingerprint density at radius 3 is 2.76 bits per heavy atom. The molecule has 1 heterocycles. The lowest BCUT2D eigenvalue weighted by Gasteiger charge is -2.36. The Morgan fingerprint density at radius 2 is 2.00 bits per heavy atom. The average molecular weight is 399 g/mol. The van der Waals surface area contributed by atoms with E-state index in [9.17, 15) is 24.9 Å². The van der Waals surface area contributed by atoms with E-state index in [4.69, 9.17) is 4.74 Å². The van der Waals surface area contributed by atoms with Crippen LogP contribution >= 0.6 is 0 Å². The van der Waals surface area contributed by atoms with Crippen LogP contribution in [0.5, 0.6) is 11.5 Å². The summed E-state index contributed by atoms with van der Waals surface area (Å²) in [5, 5.41) is 29.2. The van der Waals surface area contributed by atoms with Gasteiger partial charge in [0.05, 0.1) is 18.2 Å². The number of likely N-dealkylation sites (tertiary alicyclic amines) is 1. The fourth-order valence-corrected chi connectivity index (χ4v) is 3.64. The van der Waals surface area contributed by atoms with E-state index in [1.165, 1.54) is 6.07 Å². The van der Waals surface area contributed by atoms with Crippen LogP contribution in [0.3, 0.4) is 0 Å². The van der Waals surface area contributed by atoms with E-state index in [1.807, 2.05) is 0 Å². The second-order valence-electron chi connectivity index (χ2n) is 7.05. The van der Waals surface area contributed by atoms with Crippen molar-refractivity contribution in [3.05, 3.63) is 59.2 Å². The van der Waals surface area contributed by atoms with Gasteiger partial charge in [0.2, 0.25) is 0 Å². The SMILES string of the molecule is O=Cc1c(O)cccc1OC[C@H]1CCCCN1C(=O)c1ccccc1[C@H](O)CO. The van der Waals surface area contributed by atoms with Crippen LogP contribution in [0.1, 0.15) is 51.6 Å². The summed E-state index contributed by atoms with van der Waals surface area (Å²) >= 11 is 0. The maximum Gasteiger partial charge on any atom is 0.254 e. The summed E-state index contributed by atoms with van der Waals surface area (Å²) in [5.41, 5.74) is 0.825. The first-order chi connectivity index (χ1) is 14.1. The fraction of sp³-hybridized carbons (Fsp3) is 0.364. The van der Waals surface area contributed by atoms with Crippen LogP contribution in [0.15, 0.2) is 42.5 Å². The van der Waals surface area contributed by atoms with E-state index in [1.54, 1.807) is 41.3 Å². The first-order valence-corrected chi connectivity index (χ1v) is 9.65. The van der Waals surface area contributed by atoms with Crippen molar-refractivity contribution in [2.75, 3.05) is 19.8 Å². The van der Waals surface area contributed by atoms with Crippen LogP contribution in [0.25, 0.3) is 0 Å². The van der Waals surface area contributed by atoms with Crippen molar-refractivity contribution in [2.45, 2.75) is 31.4 Å². The molecule has 1 amide bonds. The van der Waals surface area contributed by atoms with Gasteiger partial charge in [0, 0.05) is 12.1 Å². The van der Waals surface area contributed by atoms with E-state index in [2.05, 4.69) is 0 Å². The third-order valence-electron chi connectivity index (χ3n) is 5.20. The third kappa shape index (κ3) is 4.58. The number of piperidine rings is 1. The second kappa shape index (κ2) is 9.54. The molecule has 3 rings (SSSR count). The quantitative estimate of drug-likeness (QED) is 0.617. The van der Waals surface area contributed by atoms with Gasteiger partial charge in [0.15, 0.2) is 6.29 Å². The molecule has 7 nitrogen and oxygen atoms in total. The number of benzene rings is 2. The van der Waals surface area contributed by atoms with Crippen molar-refractivity contribution in [1.82, 2.24) is 4.90 Å². The Balaban J connectivity index is 1.79. The Morgan fingerprint density at radius 1 is 1.21 bits per heavy atom. The maximum atomic E-state index is 13.2. The summed E-state index contributed by atoms with van der Waals surface area (Å²) < 4.78 is 5.79. The van der Waals surface area contributed by atoms with E-state index >= 15 is 0 Å². The minimum Gasteiger partial charge on any atom is -0.507 e. The number of aliphatic hydroxyl groups is 2. The molecule has 154 valence electrons. The van der Waals surface area contributed by atoms with Crippen molar-refractivity contribution in [3.8, 4) is 11.5 Å². The van der Waals surface area contributed by atoms with Crippen molar-refractivity contribution < 1.29 is 29.6 Å². The minimum absolute atomic E-state index is 0.0811. The fourth-order valence-electron chi connectivity index (χ4n) is 3.64. The summed E-state index contributed by atoms with van der Waals surface area (Å²) in [5.74, 6) is -0.108. The number of phenolic OH excluding ortho intramolecular Hbond substituents is 1. The lowest BCUT2D eigenvalue weighted by molar-refractivity contribution is 0.0513. The molecule has 7 heteroatoms. The Labute approximate surface area is 169 Å². The van der Waals surface area contributed by atoms with Crippen molar-refractivity contribution in [2.24, 2.45) is 0 Å². The van der Waals surface area contributed by atoms with Gasteiger partial charge in [0.1, 0.15) is 24.2 Å². The lowest BCUT2D eigenvalue weighted by atomic mass is 9.97. The zero-order valence-electron chi connectivity index (χ0n) is 16.0. The van der Waals surface area contributed by atoms with Gasteiger partial charge in [-0.05, 0) is 43.0 Å². The average Bonchev–Trinajstić information content (AvgIpc) is 2.77. The van der Waals surface area contributed by atoms with Gasteiger partial charge >= 0.3 is 0 Å². The van der Waals surface area contributed by atoms with Gasteiger partial charge in [-0.1, -0.05) is 24.3 Å². The summed E-state index contributed by atoms with van der Waals surface area (Å²) in [7, 11) is 0. The molecule has 0 aliphatic carbocycles. The Kier molecular flexibility index (Phi) is 6.85. The molecule has 1 fully saturated rings. The van der Waals surface area contributed by atoms with Crippen LogP contribution in [-0.4, -0.2) is 58.2 Å². The first kappa shape index (κ1) is 20.8. The molecular formula is C22H25NO6. The van der Waals surface area contributed by atoms with Crippen molar-refractivity contribution >= 4 is 12.2 Å². The molecule has 0 saturated carbocycles. The maximum absolute atomic E-state index is 13.2. The van der Waals surface area contributed by atoms with Gasteiger partial charge < -0.3 is 25.0 Å². The van der Waals surface area contributed by atoms with Crippen molar-refractivity contribution in [3.63, 3.8) is 0 Å². The number of aromatic hydroxyl groups is 1. The highest BCUT2D eigenvalue weighted by Crippen LogP contribution is 2.28. The number of aldehydes is 1. The summed E-state index contributed by atoms with van der Waals surface area (Å²) in [4.78, 5) is 26.2. The highest BCUT2D eigenvalue weighted by molar-refractivity contribution is 5.96. The van der Waals surface area contributed by atoms with Crippen molar-refractivity contribution in [1.29, 1.82) is 0 Å². The predicted octanol–water partition coefficient (Wildman–Crippen LogP) is 2.30. The zero-order valence-corrected chi connectivity index (χ0v) is 16.0. The molecule has 29 heavy (non-hydrogen) atoms. The summed E-state index contributed by atoms with van der Waals surface area (Å²) in [6.45, 7) is 0.264. The molecule has 3 N–H and O–H groups in total. The Hall–Kier alpha value is -2.90. The van der Waals surface area contributed by atoms with E-state index < -0.39 is 12.7 Å². The topological polar surface area (TPSA) is 107 Å². The number of hydrogen-bond donors (Lipinski definition) is 3. The van der Waals surface area contributed by atoms with E-state index in [0.717, 1.165) is 19.3 Å². The zero-order chi connectivity index (χ0) is 20.8. The molecule has 0 bridgehead atoms. The van der Waals surface area contributed by atoms with Crippen LogP contribution in [-0.2, 0) is 0 Å². The molecule has 1 aliphatic heterocycles. The van der Waals surface area contributed by atoms with Gasteiger partial charge in [-0.25, -0.2) is 0 Å². The smallest absolute Gasteiger partial charge is 0.254 e. The molecular weight excluding hydrogens is 374 g/mol. The second-order valence-corrected chi connectivity index (χ2v) is 7.05. The predicted molar refractivity (Wildman–Crippen MR) is 106 cm³/mol. The van der Waals surface area contributed by atoms with E-state index in [0.29, 0.717) is 24.0 Å². The standard InChI is InChI=1S/C22H25NO6/c24-12-18-19(26)9-5-10-21(18)29-14-15-6-3-4-11-23(15)22(28)17-8-2-1-7-16(17)20(27)13-25/h1-2,5,7-10,12,15,20,25-27H,3-4,6,11,13-14H2/t15-,20-/m1/s1. The first-order valence-electron chi connectivity index (χ1n) is 9.65. The molecule has 1 saturated heterocycles. The minimum atomic E-state index is -1.13. The van der Waals surface area contributed by atoms with Gasteiger partial charge in [-0.15, -0.1) is 0 Å². The number of ether oxygens (including phenoxy) is 1. The number of rotatable bonds is 7. The van der Waals surface area contributed by atoms with Gasteiger partial charge in [-0.3, -0.25) is 9.59 Å². The van der Waals surface area contributed by atoms with Crippen LogP contribution < -0.4 is 4.74 Å². The molecule has 0 aromatic heterocycles. The van der Waals surface area contributed by atoms with E-state index in [-0.39, 0.29) is 35.6 Å². The summed E-state index contributed by atoms with van der Waals surface area (Å²) in [6, 6.07) is 11.1. The number of nitrogens with zero attached hydrogens (tertiary/aromatic N) is 1. The largest absolute Gasteiger partial charge is 0.507 e. The molecule has 0 unspecified atom stereocenters. The highest BCUT2D eigenvalue weighted by Gasteiger charge is 2.30. The summed E-state index contributed by atoms with van der Waals surface area (Å²) in [6.07, 6.45) is 1.96. The monoisotopic (exact) mass is 399 g/mol. The normalized spacial score (nSPS) is 17.6. The molecule has 0 spiro atoms. The van der Waals surface area contributed by atoms with Crippen LogP contribution in [0, 0.1) is 0 Å². The number of hydrogen-bond acceptors (Lipinski definition) is 6. The lowest BCUT2D eigenvalue weighted by Crippen LogP contribution is -2.47. The highest BCUT2D eigenvalue weighted by atomic mass is 16.5. The molecule has 1 aliphatic rings. The number of phenols is 1. The van der Waals surface area contributed by atoms with Crippen LogP contribution in [0.4, 0.5) is 0 Å². The molecule has 0 radical (unpaired) electrons. The third-order valence-corrected chi connectivity index (χ3v) is 5.20. The number of aliphatic hydroxyl groups excluding tert-OH is 2. The number of carbonyl (C=O) groups excluding carboxylic acids is 2. The molecule has 2 atom stereocenters. The van der Waals surface area contributed by atoms with Gasteiger partial charge in [0.25, 0.3) is 5.91 Å². The number of carbonyl (C=O) groups is 2. The number of amides is 1. The molecule has 2 aromatic rings. The molecule has 2 aromatic carbocycles. The Bertz CT molecular complexity index is 868. The van der Waals surface area contributed by atoms with Crippen LogP contribution in [0.2, 0.25) is 0 Å².